The van der Waals surface area contributed by atoms with Gasteiger partial charge in [0.15, 0.2) is 0 Å². The van der Waals surface area contributed by atoms with Crippen molar-refractivity contribution in [2.75, 3.05) is 12.0 Å². The summed E-state index contributed by atoms with van der Waals surface area (Å²) >= 11 is 0. The van der Waals surface area contributed by atoms with E-state index in [2.05, 4.69) is 12.4 Å². The van der Waals surface area contributed by atoms with Crippen molar-refractivity contribution < 1.29 is 14.8 Å². The Labute approximate surface area is 128 Å². The highest BCUT2D eigenvalue weighted by atomic mass is 16.5. The fraction of sp³-hybridized carbons (Fsp3) is 0.294. The van der Waals surface area contributed by atoms with Gasteiger partial charge in [-0.1, -0.05) is 31.9 Å². The molecule has 5 heteroatoms. The summed E-state index contributed by atoms with van der Waals surface area (Å²) in [7, 11) is 0. The Morgan fingerprint density at radius 3 is 2.59 bits per heavy atom. The van der Waals surface area contributed by atoms with Crippen molar-refractivity contribution >= 4 is 28.3 Å². The van der Waals surface area contributed by atoms with Crippen LogP contribution in [0, 0.1) is 0 Å². The van der Waals surface area contributed by atoms with Crippen LogP contribution >= 0.6 is 0 Å². The van der Waals surface area contributed by atoms with E-state index in [1.807, 2.05) is 6.07 Å². The highest BCUT2D eigenvalue weighted by Crippen LogP contribution is 2.32. The van der Waals surface area contributed by atoms with Crippen molar-refractivity contribution in [1.29, 1.82) is 0 Å². The molecular weight excluding hydrogens is 280 g/mol. The molecule has 0 aromatic heterocycles. The Balaban J connectivity index is 2.12. The maximum absolute atomic E-state index is 12.7. The van der Waals surface area contributed by atoms with Gasteiger partial charge in [-0.15, -0.1) is 0 Å². The van der Waals surface area contributed by atoms with Crippen LogP contribution in [0.1, 0.15) is 46.9 Å². The number of hydrogen-bond acceptors (Lipinski definition) is 4. The summed E-state index contributed by atoms with van der Waals surface area (Å²) in [6, 6.07) is 8.68. The zero-order valence-corrected chi connectivity index (χ0v) is 12.4. The number of carbonyl (C=O) groups is 2. The lowest BCUT2D eigenvalue weighted by atomic mass is 9.93. The molecule has 0 fully saturated rings. The van der Waals surface area contributed by atoms with Gasteiger partial charge in [0.05, 0.1) is 11.3 Å². The van der Waals surface area contributed by atoms with Gasteiger partial charge in [-0.05, 0) is 30.0 Å². The summed E-state index contributed by atoms with van der Waals surface area (Å²) in [5.74, 6) is -0.522. The van der Waals surface area contributed by atoms with E-state index in [-0.39, 0.29) is 11.8 Å². The number of anilines is 1. The van der Waals surface area contributed by atoms with E-state index in [0.717, 1.165) is 24.6 Å². The quantitative estimate of drug-likeness (QED) is 0.504. The molecule has 5 nitrogen and oxygen atoms in total. The fourth-order valence-electron chi connectivity index (χ4n) is 2.95. The number of carbonyl (C=O) groups excluding carboxylic acids is 2. The molecule has 0 bridgehead atoms. The highest BCUT2D eigenvalue weighted by molar-refractivity contribution is 6.25. The molecule has 3 rings (SSSR count). The normalized spacial score (nSPS) is 13.8. The molecule has 2 amide bonds. The van der Waals surface area contributed by atoms with Gasteiger partial charge in [0.25, 0.3) is 11.8 Å². The zero-order valence-electron chi connectivity index (χ0n) is 12.4. The van der Waals surface area contributed by atoms with Crippen LogP contribution in [0.25, 0.3) is 10.8 Å². The molecule has 0 saturated carbocycles. The Morgan fingerprint density at radius 2 is 1.86 bits per heavy atom. The molecule has 0 aliphatic carbocycles. The van der Waals surface area contributed by atoms with Crippen LogP contribution in [-0.2, 0) is 0 Å². The molecule has 1 aliphatic heterocycles. The summed E-state index contributed by atoms with van der Waals surface area (Å²) < 4.78 is 0. The minimum absolute atomic E-state index is 0.232. The average molecular weight is 298 g/mol. The Bertz CT molecular complexity index is 755. The largest absolute Gasteiger partial charge is 0.291 e. The third-order valence-electron chi connectivity index (χ3n) is 4.04. The van der Waals surface area contributed by atoms with Crippen LogP contribution in [-0.4, -0.2) is 28.5 Å². The molecule has 0 spiro atoms. The van der Waals surface area contributed by atoms with E-state index in [0.29, 0.717) is 28.7 Å². The van der Waals surface area contributed by atoms with Crippen molar-refractivity contribution in [3.63, 3.8) is 0 Å². The monoisotopic (exact) mass is 298 g/mol. The molecule has 0 radical (unpaired) electrons. The predicted molar refractivity (Wildman–Crippen MR) is 84.2 cm³/mol. The number of nitrogens with one attached hydrogen (secondary N) is 1. The summed E-state index contributed by atoms with van der Waals surface area (Å²) in [4.78, 5) is 26.6. The second-order valence-corrected chi connectivity index (χ2v) is 5.51. The first kappa shape index (κ1) is 14.5. The molecule has 0 saturated heterocycles. The van der Waals surface area contributed by atoms with Gasteiger partial charge in [0.1, 0.15) is 0 Å². The number of benzene rings is 2. The maximum atomic E-state index is 12.7. The van der Waals surface area contributed by atoms with Gasteiger partial charge in [-0.2, -0.15) is 0 Å². The van der Waals surface area contributed by atoms with Gasteiger partial charge < -0.3 is 0 Å². The third kappa shape index (κ3) is 2.23. The highest BCUT2D eigenvalue weighted by Gasteiger charge is 2.32. The first-order chi connectivity index (χ1) is 10.7. The van der Waals surface area contributed by atoms with E-state index < -0.39 is 0 Å². The van der Waals surface area contributed by atoms with Crippen molar-refractivity contribution in [1.82, 2.24) is 4.90 Å². The van der Waals surface area contributed by atoms with Gasteiger partial charge in [0.2, 0.25) is 0 Å². The lowest BCUT2D eigenvalue weighted by Crippen LogP contribution is -2.40. The van der Waals surface area contributed by atoms with Crippen LogP contribution < -0.4 is 5.48 Å². The Kier molecular flexibility index (Phi) is 3.81. The first-order valence-corrected chi connectivity index (χ1v) is 7.50. The first-order valence-electron chi connectivity index (χ1n) is 7.50. The molecule has 2 N–H and O–H groups in total. The lowest BCUT2D eigenvalue weighted by Gasteiger charge is -2.27. The third-order valence-corrected chi connectivity index (χ3v) is 4.04. The minimum atomic E-state index is -0.290. The standard InChI is InChI=1S/C17H18N2O3/c1-2-3-4-8-19-16(20)13-7-5-6-11-9-12(18-22)10-14(15(11)13)17(19)21/h5-7,9-10,18,22H,2-4,8H2,1H3. The minimum Gasteiger partial charge on any atom is -0.291 e. The number of unbranched alkanes of at least 4 members (excludes halogenated alkanes) is 2. The van der Waals surface area contributed by atoms with Gasteiger partial charge >= 0.3 is 0 Å². The Morgan fingerprint density at radius 1 is 1.09 bits per heavy atom. The van der Waals surface area contributed by atoms with Crippen molar-refractivity contribution in [3.05, 3.63) is 41.5 Å². The van der Waals surface area contributed by atoms with Crippen molar-refractivity contribution in [2.45, 2.75) is 26.2 Å². The van der Waals surface area contributed by atoms with E-state index in [1.165, 1.54) is 4.90 Å². The van der Waals surface area contributed by atoms with E-state index in [4.69, 9.17) is 5.21 Å². The van der Waals surface area contributed by atoms with Crippen LogP contribution in [0.2, 0.25) is 0 Å². The number of hydrogen-bond donors (Lipinski definition) is 2. The SMILES string of the molecule is CCCCCN1C(=O)c2cccc3cc(NO)cc(c23)C1=O. The summed E-state index contributed by atoms with van der Waals surface area (Å²) in [6.45, 7) is 2.51. The molecule has 1 heterocycles. The molecule has 2 aromatic carbocycles. The van der Waals surface area contributed by atoms with E-state index >= 15 is 0 Å². The maximum Gasteiger partial charge on any atom is 0.261 e. The molecule has 22 heavy (non-hydrogen) atoms. The number of nitrogens with zero attached hydrogens (tertiary/aromatic N) is 1. The summed E-state index contributed by atoms with van der Waals surface area (Å²) in [5, 5.41) is 10.6. The second-order valence-electron chi connectivity index (χ2n) is 5.51. The van der Waals surface area contributed by atoms with E-state index in [1.54, 1.807) is 24.3 Å². The average Bonchev–Trinajstić information content (AvgIpc) is 2.55. The van der Waals surface area contributed by atoms with Crippen LogP contribution in [0.4, 0.5) is 5.69 Å². The van der Waals surface area contributed by atoms with Gasteiger partial charge in [0, 0.05) is 17.5 Å². The number of amides is 2. The van der Waals surface area contributed by atoms with Crippen LogP contribution in [0.3, 0.4) is 0 Å². The van der Waals surface area contributed by atoms with Gasteiger partial charge in [-0.25, -0.2) is 0 Å². The number of rotatable bonds is 5. The van der Waals surface area contributed by atoms with Crippen LogP contribution in [0.5, 0.6) is 0 Å². The van der Waals surface area contributed by atoms with Gasteiger partial charge in [-0.3, -0.25) is 25.2 Å². The lowest BCUT2D eigenvalue weighted by molar-refractivity contribution is 0.0608. The van der Waals surface area contributed by atoms with Crippen LogP contribution in [0.15, 0.2) is 30.3 Å². The Hall–Kier alpha value is -2.40. The molecule has 1 aliphatic rings. The predicted octanol–water partition coefficient (Wildman–Crippen LogP) is 3.43. The topological polar surface area (TPSA) is 69.6 Å². The summed E-state index contributed by atoms with van der Waals surface area (Å²) in [6.07, 6.45) is 2.81. The van der Waals surface area contributed by atoms with E-state index in [9.17, 15) is 9.59 Å². The molecule has 114 valence electrons. The smallest absolute Gasteiger partial charge is 0.261 e. The zero-order chi connectivity index (χ0) is 15.7. The fourth-order valence-corrected chi connectivity index (χ4v) is 2.95. The number of imide groups is 1. The molecular formula is C17H18N2O3. The molecule has 0 unspecified atom stereocenters. The van der Waals surface area contributed by atoms with Crippen molar-refractivity contribution in [2.24, 2.45) is 0 Å². The van der Waals surface area contributed by atoms with Crippen molar-refractivity contribution in [3.8, 4) is 0 Å². The second kappa shape index (κ2) is 5.77. The molecule has 0 atom stereocenters. The molecule has 2 aromatic rings. The summed E-state index contributed by atoms with van der Waals surface area (Å²) in [5.41, 5.74) is 3.53.